The molecule has 7 nitrogen and oxygen atoms in total. The van der Waals surface area contributed by atoms with Crippen LogP contribution in [0.2, 0.25) is 0 Å². The predicted molar refractivity (Wildman–Crippen MR) is 83.9 cm³/mol. The highest BCUT2D eigenvalue weighted by Gasteiger charge is 2.21. The molecule has 3 aromatic rings. The molecule has 4 rings (SSSR count). The molecule has 1 aliphatic heterocycles. The van der Waals surface area contributed by atoms with Crippen LogP contribution in [-0.4, -0.2) is 31.2 Å². The number of aryl methyl sites for hydroxylation is 1. The van der Waals surface area contributed by atoms with Crippen LogP contribution >= 0.6 is 11.5 Å². The van der Waals surface area contributed by atoms with E-state index in [0.29, 0.717) is 12.4 Å². The van der Waals surface area contributed by atoms with Crippen LogP contribution in [0.1, 0.15) is 12.2 Å². The van der Waals surface area contributed by atoms with Crippen molar-refractivity contribution in [1.29, 1.82) is 0 Å². The molecule has 8 heteroatoms. The first kappa shape index (κ1) is 13.2. The van der Waals surface area contributed by atoms with Crippen LogP contribution in [0, 0.1) is 0 Å². The highest BCUT2D eigenvalue weighted by Crippen LogP contribution is 2.26. The van der Waals surface area contributed by atoms with Crippen molar-refractivity contribution in [3.05, 3.63) is 36.4 Å². The Kier molecular flexibility index (Phi) is 3.23. The molecular formula is C14H14N6OS. The average molecular weight is 314 g/mol. The number of nitrogens with zero attached hydrogens (tertiary/aromatic N) is 4. The van der Waals surface area contributed by atoms with E-state index in [1.54, 1.807) is 6.33 Å². The number of carbonyl (C=O) groups excluding carboxylic acids is 1. The summed E-state index contributed by atoms with van der Waals surface area (Å²) in [6.45, 7) is 0.653. The van der Waals surface area contributed by atoms with Crippen molar-refractivity contribution in [3.63, 3.8) is 0 Å². The van der Waals surface area contributed by atoms with Gasteiger partial charge >= 0.3 is 6.03 Å². The van der Waals surface area contributed by atoms with E-state index in [0.717, 1.165) is 28.8 Å². The summed E-state index contributed by atoms with van der Waals surface area (Å²) in [5, 5.41) is 10.9. The number of carbonyl (C=O) groups is 1. The van der Waals surface area contributed by atoms with E-state index >= 15 is 0 Å². The van der Waals surface area contributed by atoms with Crippen LogP contribution in [0.25, 0.3) is 10.1 Å². The first-order chi connectivity index (χ1) is 10.8. The molecule has 0 saturated carbocycles. The molecule has 1 atom stereocenters. The summed E-state index contributed by atoms with van der Waals surface area (Å²) in [5.74, 6) is 1.58. The minimum atomic E-state index is -0.232. The van der Waals surface area contributed by atoms with Crippen molar-refractivity contribution in [3.8, 4) is 0 Å². The largest absolute Gasteiger partial charge is 0.333 e. The van der Waals surface area contributed by atoms with Gasteiger partial charge in [0.25, 0.3) is 0 Å². The fourth-order valence-corrected chi connectivity index (χ4v) is 3.40. The van der Waals surface area contributed by atoms with Gasteiger partial charge in [-0.05, 0) is 30.1 Å². The van der Waals surface area contributed by atoms with Gasteiger partial charge in [0.05, 0.1) is 17.3 Å². The fraction of sp³-hybridized carbons (Fsp3) is 0.286. The molecule has 0 radical (unpaired) electrons. The zero-order chi connectivity index (χ0) is 14.9. The third-order valence-corrected chi connectivity index (χ3v) is 4.58. The lowest BCUT2D eigenvalue weighted by atomic mass is 10.1. The maximum atomic E-state index is 12.2. The Labute approximate surface area is 130 Å². The van der Waals surface area contributed by atoms with Crippen molar-refractivity contribution in [2.24, 2.45) is 0 Å². The van der Waals surface area contributed by atoms with E-state index in [1.165, 1.54) is 11.5 Å². The van der Waals surface area contributed by atoms with E-state index < -0.39 is 0 Å². The predicted octanol–water partition coefficient (Wildman–Crippen LogP) is 2.02. The smallest absolute Gasteiger partial charge is 0.320 e. The van der Waals surface area contributed by atoms with Gasteiger partial charge in [-0.2, -0.15) is 9.47 Å². The number of hydrogen-bond acceptors (Lipinski definition) is 5. The number of nitrogens with one attached hydrogen (secondary N) is 2. The maximum Gasteiger partial charge on any atom is 0.320 e. The average Bonchev–Trinajstić information content (AvgIpc) is 3.14. The Hall–Kier alpha value is -2.48. The lowest BCUT2D eigenvalue weighted by molar-refractivity contribution is 0.243. The first-order valence-corrected chi connectivity index (χ1v) is 7.85. The Bertz CT molecular complexity index is 825. The van der Waals surface area contributed by atoms with Gasteiger partial charge in [0, 0.05) is 11.8 Å². The van der Waals surface area contributed by atoms with Crippen LogP contribution in [0.3, 0.4) is 0 Å². The first-order valence-electron chi connectivity index (χ1n) is 7.08. The quantitative estimate of drug-likeness (QED) is 0.758. The fourth-order valence-electron chi connectivity index (χ4n) is 2.66. The van der Waals surface area contributed by atoms with Gasteiger partial charge in [-0.15, -0.1) is 0 Å². The summed E-state index contributed by atoms with van der Waals surface area (Å²) in [7, 11) is 0. The van der Waals surface area contributed by atoms with E-state index in [9.17, 15) is 4.79 Å². The summed E-state index contributed by atoms with van der Waals surface area (Å²) in [5.41, 5.74) is 0. The minimum absolute atomic E-state index is 0.0547. The number of fused-ring (bicyclic) bond motifs is 2. The monoisotopic (exact) mass is 314 g/mol. The molecular weight excluding hydrogens is 300 g/mol. The zero-order valence-electron chi connectivity index (χ0n) is 11.7. The summed E-state index contributed by atoms with van der Waals surface area (Å²) in [6.07, 6.45) is 3.24. The van der Waals surface area contributed by atoms with Crippen LogP contribution in [0.5, 0.6) is 0 Å². The standard InChI is InChI=1S/C14H14N6OS/c21-14(17-9-5-6-12-15-8-16-20(12)7-9)18-13-10-3-1-2-4-11(10)22-19-13/h1-4,8-9H,5-7H2,(H2,17,18,19,21). The Morgan fingerprint density at radius 1 is 1.36 bits per heavy atom. The molecule has 0 spiro atoms. The second kappa shape index (κ2) is 5.38. The third kappa shape index (κ3) is 2.41. The minimum Gasteiger partial charge on any atom is -0.333 e. The molecule has 22 heavy (non-hydrogen) atoms. The van der Waals surface area contributed by atoms with Crippen LogP contribution in [0.4, 0.5) is 10.6 Å². The second-order valence-electron chi connectivity index (χ2n) is 5.22. The highest BCUT2D eigenvalue weighted by atomic mass is 32.1. The Morgan fingerprint density at radius 2 is 2.27 bits per heavy atom. The molecule has 0 fully saturated rings. The third-order valence-electron chi connectivity index (χ3n) is 3.75. The molecule has 1 unspecified atom stereocenters. The van der Waals surface area contributed by atoms with Gasteiger partial charge in [-0.25, -0.2) is 14.5 Å². The van der Waals surface area contributed by atoms with Gasteiger partial charge in [0.1, 0.15) is 12.2 Å². The van der Waals surface area contributed by atoms with Gasteiger partial charge in [-0.3, -0.25) is 5.32 Å². The summed E-state index contributed by atoms with van der Waals surface area (Å²) >= 11 is 1.38. The highest BCUT2D eigenvalue weighted by molar-refractivity contribution is 7.13. The normalized spacial score (nSPS) is 17.2. The molecule has 2 N–H and O–H groups in total. The summed E-state index contributed by atoms with van der Waals surface area (Å²) in [6, 6.07) is 7.67. The van der Waals surface area contributed by atoms with Crippen LogP contribution < -0.4 is 10.6 Å². The van der Waals surface area contributed by atoms with Gasteiger partial charge in [0.15, 0.2) is 5.82 Å². The molecule has 2 amide bonds. The lowest BCUT2D eigenvalue weighted by Gasteiger charge is -2.23. The lowest BCUT2D eigenvalue weighted by Crippen LogP contribution is -2.43. The second-order valence-corrected chi connectivity index (χ2v) is 6.02. The number of anilines is 1. The molecule has 112 valence electrons. The van der Waals surface area contributed by atoms with Gasteiger partial charge in [-0.1, -0.05) is 12.1 Å². The van der Waals surface area contributed by atoms with E-state index in [2.05, 4.69) is 25.1 Å². The van der Waals surface area contributed by atoms with Crippen LogP contribution in [0.15, 0.2) is 30.6 Å². The number of rotatable bonds is 2. The SMILES string of the molecule is O=C(Nc1nsc2ccccc12)NC1CCc2ncnn2C1. The zero-order valence-corrected chi connectivity index (χ0v) is 12.5. The number of aromatic nitrogens is 4. The maximum absolute atomic E-state index is 12.2. The number of urea groups is 1. The number of benzene rings is 1. The van der Waals surface area contributed by atoms with E-state index in [1.807, 2.05) is 28.9 Å². The molecule has 1 aliphatic rings. The number of hydrogen-bond donors (Lipinski definition) is 2. The van der Waals surface area contributed by atoms with Crippen LogP contribution in [-0.2, 0) is 13.0 Å². The molecule has 0 bridgehead atoms. The van der Waals surface area contributed by atoms with E-state index in [-0.39, 0.29) is 12.1 Å². The Balaban J connectivity index is 1.43. The van der Waals surface area contributed by atoms with Crippen molar-refractivity contribution in [1.82, 2.24) is 24.5 Å². The molecule has 0 saturated heterocycles. The van der Waals surface area contributed by atoms with E-state index in [4.69, 9.17) is 0 Å². The number of amides is 2. The summed E-state index contributed by atoms with van der Waals surface area (Å²) < 4.78 is 7.20. The van der Waals surface area contributed by atoms with Crippen molar-refractivity contribution in [2.75, 3.05) is 5.32 Å². The van der Waals surface area contributed by atoms with Crippen molar-refractivity contribution in [2.45, 2.75) is 25.4 Å². The molecule has 2 aromatic heterocycles. The van der Waals surface area contributed by atoms with Crippen molar-refractivity contribution >= 4 is 33.5 Å². The molecule has 3 heterocycles. The van der Waals surface area contributed by atoms with Crippen molar-refractivity contribution < 1.29 is 4.79 Å². The molecule has 1 aromatic carbocycles. The topological polar surface area (TPSA) is 84.7 Å². The van der Waals surface area contributed by atoms with Gasteiger partial charge in [0.2, 0.25) is 0 Å². The van der Waals surface area contributed by atoms with Gasteiger partial charge < -0.3 is 5.32 Å². The Morgan fingerprint density at radius 3 is 3.23 bits per heavy atom. The molecule has 0 aliphatic carbocycles. The summed E-state index contributed by atoms with van der Waals surface area (Å²) in [4.78, 5) is 16.3.